The first-order chi connectivity index (χ1) is 9.04. The highest BCUT2D eigenvalue weighted by atomic mass is 35.5. The van der Waals surface area contributed by atoms with Crippen molar-refractivity contribution in [2.24, 2.45) is 0 Å². The van der Waals surface area contributed by atoms with Gasteiger partial charge < -0.3 is 9.73 Å². The zero-order chi connectivity index (χ0) is 13.9. The molecule has 0 unspecified atom stereocenters. The van der Waals surface area contributed by atoms with Gasteiger partial charge in [0.1, 0.15) is 5.76 Å². The SMILES string of the molecule is CCCNCCC(C)(C)c1cc2cccc(Cl)c2o1. The minimum absolute atomic E-state index is 0.0170. The van der Waals surface area contributed by atoms with E-state index in [1.165, 1.54) is 6.42 Å². The average molecular weight is 280 g/mol. The predicted molar refractivity (Wildman–Crippen MR) is 82.0 cm³/mol. The summed E-state index contributed by atoms with van der Waals surface area (Å²) in [6, 6.07) is 7.98. The fourth-order valence-electron chi connectivity index (χ4n) is 2.19. The molecule has 0 aliphatic heterocycles. The molecular formula is C16H22ClNO. The highest BCUT2D eigenvalue weighted by molar-refractivity contribution is 6.34. The Bertz CT molecular complexity index is 545. The van der Waals surface area contributed by atoms with E-state index in [1.807, 2.05) is 18.2 Å². The van der Waals surface area contributed by atoms with Crippen molar-refractivity contribution in [1.82, 2.24) is 5.32 Å². The van der Waals surface area contributed by atoms with E-state index < -0.39 is 0 Å². The standard InChI is InChI=1S/C16H22ClNO/c1-4-9-18-10-8-16(2,3)14-11-12-6-5-7-13(17)15(12)19-14/h5-7,11,18H,4,8-10H2,1-3H3. The van der Waals surface area contributed by atoms with Crippen molar-refractivity contribution < 1.29 is 4.42 Å². The molecule has 0 radical (unpaired) electrons. The molecule has 104 valence electrons. The topological polar surface area (TPSA) is 25.2 Å². The van der Waals surface area contributed by atoms with E-state index >= 15 is 0 Å². The van der Waals surface area contributed by atoms with Crippen LogP contribution in [-0.2, 0) is 5.41 Å². The molecule has 3 heteroatoms. The molecule has 2 rings (SSSR count). The number of hydrogen-bond donors (Lipinski definition) is 1. The Hall–Kier alpha value is -0.990. The second-order valence-corrected chi connectivity index (χ2v) is 6.06. The molecule has 1 heterocycles. The number of nitrogens with one attached hydrogen (secondary N) is 1. The Morgan fingerprint density at radius 2 is 2.05 bits per heavy atom. The van der Waals surface area contributed by atoms with Gasteiger partial charge in [-0.2, -0.15) is 0 Å². The fourth-order valence-corrected chi connectivity index (χ4v) is 2.41. The fraction of sp³-hybridized carbons (Fsp3) is 0.500. The van der Waals surface area contributed by atoms with Crippen LogP contribution in [0.25, 0.3) is 11.0 Å². The van der Waals surface area contributed by atoms with Crippen molar-refractivity contribution in [2.75, 3.05) is 13.1 Å². The predicted octanol–water partition coefficient (Wildman–Crippen LogP) is 4.75. The number of halogens is 1. The molecule has 1 N–H and O–H groups in total. The lowest BCUT2D eigenvalue weighted by atomic mass is 9.86. The summed E-state index contributed by atoms with van der Waals surface area (Å²) in [5, 5.41) is 5.20. The molecule has 0 saturated carbocycles. The van der Waals surface area contributed by atoms with E-state index in [-0.39, 0.29) is 5.41 Å². The van der Waals surface area contributed by atoms with E-state index in [4.69, 9.17) is 16.0 Å². The van der Waals surface area contributed by atoms with Crippen molar-refractivity contribution >= 4 is 22.6 Å². The van der Waals surface area contributed by atoms with Gasteiger partial charge in [-0.1, -0.05) is 44.5 Å². The summed E-state index contributed by atoms with van der Waals surface area (Å²) in [7, 11) is 0. The Balaban J connectivity index is 2.15. The van der Waals surface area contributed by atoms with Gasteiger partial charge in [0.2, 0.25) is 0 Å². The Morgan fingerprint density at radius 1 is 1.26 bits per heavy atom. The molecule has 0 fully saturated rings. The van der Waals surface area contributed by atoms with Gasteiger partial charge in [-0.3, -0.25) is 0 Å². The first kappa shape index (κ1) is 14.4. The van der Waals surface area contributed by atoms with Gasteiger partial charge in [0.05, 0.1) is 5.02 Å². The van der Waals surface area contributed by atoms with Crippen LogP contribution in [0.1, 0.15) is 39.4 Å². The lowest BCUT2D eigenvalue weighted by Gasteiger charge is -2.22. The molecule has 0 bridgehead atoms. The summed E-state index contributed by atoms with van der Waals surface area (Å²) in [6.07, 6.45) is 2.21. The molecule has 1 aromatic heterocycles. The maximum Gasteiger partial charge on any atom is 0.152 e. The lowest BCUT2D eigenvalue weighted by Crippen LogP contribution is -2.25. The highest BCUT2D eigenvalue weighted by Crippen LogP contribution is 2.34. The van der Waals surface area contributed by atoms with Crippen LogP contribution in [0.15, 0.2) is 28.7 Å². The summed E-state index contributed by atoms with van der Waals surface area (Å²) < 4.78 is 5.96. The van der Waals surface area contributed by atoms with Crippen molar-refractivity contribution in [3.8, 4) is 0 Å². The van der Waals surface area contributed by atoms with Crippen LogP contribution in [-0.4, -0.2) is 13.1 Å². The smallest absolute Gasteiger partial charge is 0.152 e. The van der Waals surface area contributed by atoms with Crippen LogP contribution in [0.4, 0.5) is 0 Å². The molecule has 0 aliphatic rings. The number of furan rings is 1. The van der Waals surface area contributed by atoms with E-state index in [0.717, 1.165) is 36.2 Å². The first-order valence-electron chi connectivity index (χ1n) is 6.94. The van der Waals surface area contributed by atoms with Crippen LogP contribution >= 0.6 is 11.6 Å². The third-order valence-corrected chi connectivity index (χ3v) is 3.81. The second kappa shape index (κ2) is 5.98. The maximum atomic E-state index is 6.16. The summed E-state index contributed by atoms with van der Waals surface area (Å²) in [5.41, 5.74) is 0.817. The number of fused-ring (bicyclic) bond motifs is 1. The molecule has 0 aliphatic carbocycles. The van der Waals surface area contributed by atoms with Crippen molar-refractivity contribution in [3.05, 3.63) is 35.0 Å². The number of benzene rings is 1. The Kier molecular flexibility index (Phi) is 4.54. The highest BCUT2D eigenvalue weighted by Gasteiger charge is 2.24. The van der Waals surface area contributed by atoms with Crippen molar-refractivity contribution in [1.29, 1.82) is 0 Å². The van der Waals surface area contributed by atoms with E-state index in [9.17, 15) is 0 Å². The van der Waals surface area contributed by atoms with E-state index in [2.05, 4.69) is 32.2 Å². The monoisotopic (exact) mass is 279 g/mol. The zero-order valence-electron chi connectivity index (χ0n) is 11.9. The molecular weight excluding hydrogens is 258 g/mol. The van der Waals surface area contributed by atoms with Gasteiger partial charge in [-0.05, 0) is 38.1 Å². The van der Waals surface area contributed by atoms with E-state index in [1.54, 1.807) is 0 Å². The summed E-state index contributed by atoms with van der Waals surface area (Å²) in [5.74, 6) is 1.01. The molecule has 0 atom stereocenters. The third-order valence-electron chi connectivity index (χ3n) is 3.52. The van der Waals surface area contributed by atoms with Crippen LogP contribution in [0.3, 0.4) is 0 Å². The molecule has 1 aromatic carbocycles. The van der Waals surface area contributed by atoms with Gasteiger partial charge in [0.15, 0.2) is 5.58 Å². The first-order valence-corrected chi connectivity index (χ1v) is 7.31. The summed E-state index contributed by atoms with van der Waals surface area (Å²) >= 11 is 6.16. The van der Waals surface area contributed by atoms with Gasteiger partial charge in [-0.25, -0.2) is 0 Å². The lowest BCUT2D eigenvalue weighted by molar-refractivity contribution is 0.371. The Morgan fingerprint density at radius 3 is 2.74 bits per heavy atom. The van der Waals surface area contributed by atoms with Crippen LogP contribution in [0.5, 0.6) is 0 Å². The largest absolute Gasteiger partial charge is 0.459 e. The second-order valence-electron chi connectivity index (χ2n) is 5.65. The third kappa shape index (κ3) is 3.31. The number of hydrogen-bond acceptors (Lipinski definition) is 2. The molecule has 0 saturated heterocycles. The molecule has 0 amide bonds. The summed E-state index contributed by atoms with van der Waals surface area (Å²) in [4.78, 5) is 0. The minimum Gasteiger partial charge on any atom is -0.459 e. The van der Waals surface area contributed by atoms with Gasteiger partial charge in [0, 0.05) is 10.8 Å². The average Bonchev–Trinajstić information content (AvgIpc) is 2.81. The Labute approximate surface area is 120 Å². The van der Waals surface area contributed by atoms with Crippen LogP contribution in [0, 0.1) is 0 Å². The van der Waals surface area contributed by atoms with Crippen molar-refractivity contribution in [3.63, 3.8) is 0 Å². The molecule has 2 aromatic rings. The summed E-state index contributed by atoms with van der Waals surface area (Å²) in [6.45, 7) is 8.69. The van der Waals surface area contributed by atoms with Crippen LogP contribution in [0.2, 0.25) is 5.02 Å². The van der Waals surface area contributed by atoms with Gasteiger partial charge in [-0.15, -0.1) is 0 Å². The normalized spacial score (nSPS) is 12.2. The van der Waals surface area contributed by atoms with Crippen LogP contribution < -0.4 is 5.32 Å². The van der Waals surface area contributed by atoms with Gasteiger partial charge in [0.25, 0.3) is 0 Å². The molecule has 19 heavy (non-hydrogen) atoms. The van der Waals surface area contributed by atoms with Gasteiger partial charge >= 0.3 is 0 Å². The van der Waals surface area contributed by atoms with Crippen molar-refractivity contribution in [2.45, 2.75) is 39.0 Å². The maximum absolute atomic E-state index is 6.16. The molecule has 2 nitrogen and oxygen atoms in total. The quantitative estimate of drug-likeness (QED) is 0.772. The minimum atomic E-state index is 0.0170. The molecule has 0 spiro atoms. The zero-order valence-corrected chi connectivity index (χ0v) is 12.7. The number of rotatable bonds is 6. The van der Waals surface area contributed by atoms with E-state index in [0.29, 0.717) is 5.02 Å². The number of para-hydroxylation sites is 1.